The first-order valence-electron chi connectivity index (χ1n) is 7.38. The van der Waals surface area contributed by atoms with Gasteiger partial charge in [-0.15, -0.1) is 0 Å². The van der Waals surface area contributed by atoms with Crippen LogP contribution in [0, 0.1) is 16.0 Å². The molecule has 0 saturated carbocycles. The van der Waals surface area contributed by atoms with Crippen LogP contribution in [0.3, 0.4) is 0 Å². The number of hydrogen-bond acceptors (Lipinski definition) is 4. The highest BCUT2D eigenvalue weighted by atomic mass is 79.9. The van der Waals surface area contributed by atoms with E-state index in [1.807, 2.05) is 12.1 Å². The normalized spacial score (nSPS) is 17.0. The number of nitro benzene ring substituents is 1. The fourth-order valence-corrected chi connectivity index (χ4v) is 3.09. The number of rotatable bonds is 6. The lowest BCUT2D eigenvalue weighted by Crippen LogP contribution is -2.31. The Morgan fingerprint density at radius 1 is 1.43 bits per heavy atom. The largest absolute Gasteiger partial charge is 0.312 e. The van der Waals surface area contributed by atoms with Crippen molar-refractivity contribution < 1.29 is 4.92 Å². The Hall–Kier alpha value is -0.980. The highest BCUT2D eigenvalue weighted by Crippen LogP contribution is 2.23. The monoisotopic (exact) mass is 355 g/mol. The van der Waals surface area contributed by atoms with Gasteiger partial charge in [-0.1, -0.05) is 15.9 Å². The summed E-state index contributed by atoms with van der Waals surface area (Å²) < 4.78 is 0.740. The van der Waals surface area contributed by atoms with Gasteiger partial charge in [-0.25, -0.2) is 0 Å². The minimum Gasteiger partial charge on any atom is -0.312 e. The van der Waals surface area contributed by atoms with E-state index in [9.17, 15) is 10.1 Å². The number of benzene rings is 1. The highest BCUT2D eigenvalue weighted by Gasteiger charge is 2.17. The van der Waals surface area contributed by atoms with E-state index in [1.165, 1.54) is 25.9 Å². The van der Waals surface area contributed by atoms with Crippen molar-refractivity contribution in [3.8, 4) is 0 Å². The van der Waals surface area contributed by atoms with E-state index in [0.29, 0.717) is 6.54 Å². The summed E-state index contributed by atoms with van der Waals surface area (Å²) in [6.45, 7) is 3.84. The molecule has 1 saturated heterocycles. The zero-order valence-corrected chi connectivity index (χ0v) is 13.9. The lowest BCUT2D eigenvalue weighted by atomic mass is 9.94. The lowest BCUT2D eigenvalue weighted by Gasteiger charge is -2.28. The molecule has 1 N–H and O–H groups in total. The molecule has 1 aliphatic heterocycles. The third-order valence-corrected chi connectivity index (χ3v) is 4.62. The summed E-state index contributed by atoms with van der Waals surface area (Å²) in [5.74, 6) is 0.786. The van der Waals surface area contributed by atoms with Gasteiger partial charge < -0.3 is 10.2 Å². The van der Waals surface area contributed by atoms with Gasteiger partial charge in [0.25, 0.3) is 5.69 Å². The van der Waals surface area contributed by atoms with Gasteiger partial charge in [0.05, 0.1) is 4.92 Å². The van der Waals surface area contributed by atoms with Crippen LogP contribution in [-0.2, 0) is 6.54 Å². The van der Waals surface area contributed by atoms with Crippen molar-refractivity contribution >= 4 is 21.6 Å². The number of likely N-dealkylation sites (tertiary alicyclic amines) is 1. The van der Waals surface area contributed by atoms with Crippen molar-refractivity contribution in [1.82, 2.24) is 10.2 Å². The molecule has 0 aliphatic carbocycles. The zero-order valence-electron chi connectivity index (χ0n) is 12.3. The lowest BCUT2D eigenvalue weighted by molar-refractivity contribution is -0.385. The van der Waals surface area contributed by atoms with Crippen LogP contribution in [0.2, 0.25) is 0 Å². The number of nitrogens with one attached hydrogen (secondary N) is 1. The topological polar surface area (TPSA) is 58.4 Å². The molecule has 1 aliphatic rings. The second kappa shape index (κ2) is 7.87. The molecule has 0 aromatic heterocycles. The summed E-state index contributed by atoms with van der Waals surface area (Å²) in [6, 6.07) is 5.22. The molecular formula is C15H22BrN3O2. The molecule has 6 heteroatoms. The third kappa shape index (κ3) is 5.05. The Morgan fingerprint density at radius 2 is 2.14 bits per heavy atom. The third-order valence-electron chi connectivity index (χ3n) is 4.13. The first kappa shape index (κ1) is 16.4. The second-order valence-electron chi connectivity index (χ2n) is 5.74. The number of nitro groups is 1. The molecule has 1 fully saturated rings. The first-order chi connectivity index (χ1) is 10.1. The predicted molar refractivity (Wildman–Crippen MR) is 87.3 cm³/mol. The minimum atomic E-state index is -0.321. The van der Waals surface area contributed by atoms with E-state index in [4.69, 9.17) is 0 Å². The van der Waals surface area contributed by atoms with Crippen LogP contribution in [0.4, 0.5) is 5.69 Å². The van der Waals surface area contributed by atoms with Crippen LogP contribution < -0.4 is 5.32 Å². The van der Waals surface area contributed by atoms with Gasteiger partial charge >= 0.3 is 0 Å². The van der Waals surface area contributed by atoms with Gasteiger partial charge in [-0.2, -0.15) is 0 Å². The molecule has 1 heterocycles. The molecule has 0 spiro atoms. The van der Waals surface area contributed by atoms with Crippen molar-refractivity contribution in [2.75, 3.05) is 26.7 Å². The van der Waals surface area contributed by atoms with Crippen molar-refractivity contribution in [3.63, 3.8) is 0 Å². The molecule has 5 nitrogen and oxygen atoms in total. The Labute approximate surface area is 134 Å². The predicted octanol–water partition coefficient (Wildman–Crippen LogP) is 3.18. The summed E-state index contributed by atoms with van der Waals surface area (Å²) in [7, 11) is 2.17. The van der Waals surface area contributed by atoms with Crippen LogP contribution in [0.15, 0.2) is 22.7 Å². The van der Waals surface area contributed by atoms with Gasteiger partial charge in [0.2, 0.25) is 0 Å². The average molecular weight is 356 g/mol. The Balaban J connectivity index is 1.77. The number of halogens is 1. The van der Waals surface area contributed by atoms with E-state index in [1.54, 1.807) is 6.07 Å². The van der Waals surface area contributed by atoms with E-state index in [0.717, 1.165) is 28.9 Å². The average Bonchev–Trinajstić information content (AvgIpc) is 2.46. The second-order valence-corrected chi connectivity index (χ2v) is 6.66. The molecular weight excluding hydrogens is 334 g/mol. The van der Waals surface area contributed by atoms with E-state index in [2.05, 4.69) is 33.2 Å². The smallest absolute Gasteiger partial charge is 0.275 e. The number of piperidine rings is 1. The van der Waals surface area contributed by atoms with Crippen LogP contribution in [0.25, 0.3) is 0 Å². The molecule has 2 rings (SSSR count). The van der Waals surface area contributed by atoms with Crippen molar-refractivity contribution in [3.05, 3.63) is 38.3 Å². The van der Waals surface area contributed by atoms with Gasteiger partial charge in [0.1, 0.15) is 0 Å². The minimum absolute atomic E-state index is 0.177. The maximum absolute atomic E-state index is 11.0. The van der Waals surface area contributed by atoms with E-state index < -0.39 is 0 Å². The van der Waals surface area contributed by atoms with Gasteiger partial charge in [-0.05, 0) is 64.0 Å². The molecule has 21 heavy (non-hydrogen) atoms. The quantitative estimate of drug-likeness (QED) is 0.483. The summed E-state index contributed by atoms with van der Waals surface area (Å²) in [6.07, 6.45) is 3.67. The number of nitrogens with zero attached hydrogens (tertiary/aromatic N) is 2. The van der Waals surface area contributed by atoms with Crippen LogP contribution in [0.5, 0.6) is 0 Å². The maximum atomic E-state index is 11.0. The summed E-state index contributed by atoms with van der Waals surface area (Å²) in [4.78, 5) is 13.1. The molecule has 1 aromatic rings. The van der Waals surface area contributed by atoms with Crippen LogP contribution in [0.1, 0.15) is 24.8 Å². The van der Waals surface area contributed by atoms with Crippen molar-refractivity contribution in [2.24, 2.45) is 5.92 Å². The first-order valence-corrected chi connectivity index (χ1v) is 8.17. The number of hydrogen-bond donors (Lipinski definition) is 1. The fraction of sp³-hybridized carbons (Fsp3) is 0.600. The van der Waals surface area contributed by atoms with Crippen molar-refractivity contribution in [2.45, 2.75) is 25.8 Å². The zero-order chi connectivity index (χ0) is 15.2. The SMILES string of the molecule is CN1CCC(CCNCc2ccc(Br)cc2[N+](=O)[O-])CC1. The van der Waals surface area contributed by atoms with E-state index in [-0.39, 0.29) is 10.6 Å². The Bertz CT molecular complexity index is 488. The Kier molecular flexibility index (Phi) is 6.14. The van der Waals surface area contributed by atoms with Crippen molar-refractivity contribution in [1.29, 1.82) is 0 Å². The van der Waals surface area contributed by atoms with Crippen LogP contribution in [-0.4, -0.2) is 36.5 Å². The molecule has 0 radical (unpaired) electrons. The molecule has 0 atom stereocenters. The van der Waals surface area contributed by atoms with Gasteiger partial charge in [-0.3, -0.25) is 10.1 Å². The molecule has 1 aromatic carbocycles. The summed E-state index contributed by atoms with van der Waals surface area (Å²) >= 11 is 3.27. The summed E-state index contributed by atoms with van der Waals surface area (Å²) in [5, 5.41) is 14.4. The fourth-order valence-electron chi connectivity index (χ4n) is 2.74. The van der Waals surface area contributed by atoms with Crippen LogP contribution >= 0.6 is 15.9 Å². The van der Waals surface area contributed by atoms with Gasteiger partial charge in [0.15, 0.2) is 0 Å². The molecule has 0 bridgehead atoms. The van der Waals surface area contributed by atoms with E-state index >= 15 is 0 Å². The summed E-state index contributed by atoms with van der Waals surface area (Å²) in [5.41, 5.74) is 0.919. The molecule has 0 unspecified atom stereocenters. The molecule has 116 valence electrons. The standard InChI is InChI=1S/C15H22BrN3O2/c1-18-8-5-12(6-9-18)4-7-17-11-13-2-3-14(16)10-15(13)19(20)21/h2-3,10,12,17H,4-9,11H2,1H3. The maximum Gasteiger partial charge on any atom is 0.275 e. The highest BCUT2D eigenvalue weighted by molar-refractivity contribution is 9.10. The Morgan fingerprint density at radius 3 is 2.81 bits per heavy atom. The molecule has 0 amide bonds. The van der Waals surface area contributed by atoms with Gasteiger partial charge in [0, 0.05) is 22.6 Å².